The quantitative estimate of drug-likeness (QED) is 0.258. The van der Waals surface area contributed by atoms with Gasteiger partial charge in [-0.25, -0.2) is 18.4 Å². The molecule has 11 nitrogen and oxygen atoms in total. The van der Waals surface area contributed by atoms with Crippen LogP contribution in [0.3, 0.4) is 0 Å². The third-order valence-electron chi connectivity index (χ3n) is 6.05. The molecule has 0 N–H and O–H groups in total. The smallest absolute Gasteiger partial charge is 0.170 e. The van der Waals surface area contributed by atoms with E-state index in [9.17, 15) is 8.42 Å². The minimum absolute atomic E-state index is 0.161. The first-order chi connectivity index (χ1) is 18.7. The number of nitrogens with zero attached hydrogens (tertiary/aromatic N) is 6. The van der Waals surface area contributed by atoms with E-state index >= 15 is 0 Å². The summed E-state index contributed by atoms with van der Waals surface area (Å²) in [7, 11) is -0.855. The molecule has 0 spiro atoms. The van der Waals surface area contributed by atoms with Gasteiger partial charge in [0.2, 0.25) is 0 Å². The van der Waals surface area contributed by atoms with E-state index in [2.05, 4.69) is 25.1 Å². The lowest BCUT2D eigenvalue weighted by Gasteiger charge is -2.23. The Morgan fingerprint density at radius 2 is 1.69 bits per heavy atom. The molecule has 0 unspecified atom stereocenters. The van der Waals surface area contributed by atoms with Gasteiger partial charge < -0.3 is 14.2 Å². The van der Waals surface area contributed by atoms with Crippen molar-refractivity contribution in [1.29, 1.82) is 0 Å². The molecule has 0 amide bonds. The van der Waals surface area contributed by atoms with Gasteiger partial charge >= 0.3 is 0 Å². The van der Waals surface area contributed by atoms with Gasteiger partial charge in [0.1, 0.15) is 29.0 Å². The molecule has 0 saturated heterocycles. The van der Waals surface area contributed by atoms with Crippen LogP contribution in [-0.2, 0) is 20.3 Å². The number of aromatic nitrogens is 6. The minimum atomic E-state index is -3.90. The first-order valence-corrected chi connectivity index (χ1v) is 14.2. The Morgan fingerprint density at radius 1 is 1.03 bits per heavy atom. The van der Waals surface area contributed by atoms with E-state index < -0.39 is 26.9 Å². The zero-order chi connectivity index (χ0) is 28.2. The summed E-state index contributed by atoms with van der Waals surface area (Å²) in [5, 5.41) is 8.00. The lowest BCUT2D eigenvalue weighted by molar-refractivity contribution is 0.0556. The van der Waals surface area contributed by atoms with Gasteiger partial charge in [0.25, 0.3) is 0 Å². The molecule has 0 radical (unpaired) electrons. The number of halogens is 1. The second-order valence-corrected chi connectivity index (χ2v) is 11.5. The average Bonchev–Trinajstić information content (AvgIpc) is 3.33. The van der Waals surface area contributed by atoms with Crippen LogP contribution >= 0.6 is 11.6 Å². The van der Waals surface area contributed by atoms with Gasteiger partial charge in [-0.1, -0.05) is 17.7 Å². The molecule has 4 aromatic rings. The van der Waals surface area contributed by atoms with E-state index in [1.807, 2.05) is 13.0 Å². The molecule has 0 bridgehead atoms. The molecule has 0 aliphatic carbocycles. The van der Waals surface area contributed by atoms with Crippen molar-refractivity contribution in [3.05, 3.63) is 71.3 Å². The maximum absolute atomic E-state index is 13.8. The third-order valence-corrected chi connectivity index (χ3v) is 8.29. The number of methoxy groups -OCH3 is 2. The number of sulfone groups is 1. The normalized spacial score (nSPS) is 13.2. The van der Waals surface area contributed by atoms with Crippen molar-refractivity contribution in [2.24, 2.45) is 0 Å². The Morgan fingerprint density at radius 3 is 2.28 bits per heavy atom. The van der Waals surface area contributed by atoms with Crippen LogP contribution in [0.1, 0.15) is 37.2 Å². The lowest BCUT2D eigenvalue weighted by atomic mass is 10.2. The zero-order valence-electron chi connectivity index (χ0n) is 22.2. The van der Waals surface area contributed by atoms with Crippen LogP contribution in [0.2, 0.25) is 5.02 Å². The Labute approximate surface area is 232 Å². The molecule has 3 heterocycles. The highest BCUT2D eigenvalue weighted by molar-refractivity contribution is 7.91. The fourth-order valence-corrected chi connectivity index (χ4v) is 5.61. The van der Waals surface area contributed by atoms with Gasteiger partial charge in [0.15, 0.2) is 27.3 Å². The molecule has 13 heteroatoms. The molecule has 3 aromatic heterocycles. The summed E-state index contributed by atoms with van der Waals surface area (Å²) in [5.41, 5.74) is 2.01. The minimum Gasteiger partial charge on any atom is -0.494 e. The van der Waals surface area contributed by atoms with E-state index in [-0.39, 0.29) is 18.3 Å². The Hall–Kier alpha value is -3.61. The third kappa shape index (κ3) is 6.02. The summed E-state index contributed by atoms with van der Waals surface area (Å²) in [6.45, 7) is 5.49. The zero-order valence-corrected chi connectivity index (χ0v) is 23.8. The molecule has 39 heavy (non-hydrogen) atoms. The number of pyridine rings is 1. The summed E-state index contributed by atoms with van der Waals surface area (Å²) >= 11 is 5.93. The highest BCUT2D eigenvalue weighted by Crippen LogP contribution is 2.37. The van der Waals surface area contributed by atoms with Crippen LogP contribution in [0.25, 0.3) is 17.1 Å². The number of aryl methyl sites for hydroxylation is 1. The Balaban J connectivity index is 1.84. The van der Waals surface area contributed by atoms with E-state index in [4.69, 9.17) is 25.8 Å². The van der Waals surface area contributed by atoms with Gasteiger partial charge in [0.05, 0.1) is 24.5 Å². The lowest BCUT2D eigenvalue weighted by Crippen LogP contribution is -2.30. The van der Waals surface area contributed by atoms with Gasteiger partial charge in [0, 0.05) is 37.0 Å². The SMILES string of the molecule is CCO[C@@H](c1ncc(Cl)cn1)[C@@H](C)S(=O)(=O)Cc1nnc(-c2cncc(C)c2)n1-c1c(OC)cccc1OC. The van der Waals surface area contributed by atoms with Crippen molar-refractivity contribution in [3.8, 4) is 28.6 Å². The molecular weight excluding hydrogens is 544 g/mol. The topological polar surface area (TPSA) is 131 Å². The fourth-order valence-electron chi connectivity index (χ4n) is 4.13. The van der Waals surface area contributed by atoms with Crippen LogP contribution in [-0.4, -0.2) is 64.2 Å². The number of ether oxygens (including phenoxy) is 3. The van der Waals surface area contributed by atoms with Crippen molar-refractivity contribution in [3.63, 3.8) is 0 Å². The summed E-state index contributed by atoms with van der Waals surface area (Å²) < 4.78 is 46.3. The molecule has 206 valence electrons. The molecule has 0 aliphatic heterocycles. The van der Waals surface area contributed by atoms with Crippen LogP contribution in [0.4, 0.5) is 0 Å². The van der Waals surface area contributed by atoms with Crippen LogP contribution in [0.5, 0.6) is 11.5 Å². The number of para-hydroxylation sites is 1. The Kier molecular flexibility index (Phi) is 8.78. The second kappa shape index (κ2) is 12.1. The van der Waals surface area contributed by atoms with Crippen molar-refractivity contribution in [2.75, 3.05) is 20.8 Å². The van der Waals surface area contributed by atoms with Crippen LogP contribution in [0.15, 0.2) is 49.1 Å². The van der Waals surface area contributed by atoms with Crippen LogP contribution < -0.4 is 9.47 Å². The van der Waals surface area contributed by atoms with Crippen molar-refractivity contribution < 1.29 is 22.6 Å². The van der Waals surface area contributed by atoms with Gasteiger partial charge in [-0.2, -0.15) is 0 Å². The maximum atomic E-state index is 13.8. The van der Waals surface area contributed by atoms with Crippen LogP contribution in [0, 0.1) is 6.92 Å². The van der Waals surface area contributed by atoms with Crippen molar-refractivity contribution in [1.82, 2.24) is 29.7 Å². The number of hydrogen-bond acceptors (Lipinski definition) is 10. The van der Waals surface area contributed by atoms with E-state index in [1.165, 1.54) is 26.6 Å². The summed E-state index contributed by atoms with van der Waals surface area (Å²) in [6, 6.07) is 7.16. The van der Waals surface area contributed by atoms with Crippen molar-refractivity contribution >= 4 is 21.4 Å². The summed E-state index contributed by atoms with van der Waals surface area (Å²) in [5.74, 6) is 1.20. The Bertz CT molecular complexity index is 1520. The van der Waals surface area contributed by atoms with Gasteiger partial charge in [-0.05, 0) is 44.5 Å². The summed E-state index contributed by atoms with van der Waals surface area (Å²) in [4.78, 5) is 12.7. The average molecular weight is 573 g/mol. The van der Waals surface area contributed by atoms with E-state index in [1.54, 1.807) is 49.0 Å². The highest BCUT2D eigenvalue weighted by atomic mass is 35.5. The number of hydrogen-bond donors (Lipinski definition) is 0. The standard InChI is InChI=1S/C26H29ClN6O5S/c1-6-38-24(25-29-13-19(27)14-30-25)17(3)39(34,35)15-22-31-32-26(18-10-16(2)11-28-12-18)33(22)23-20(36-4)8-7-9-21(23)37-5/h7-14,17,24H,6,15H2,1-5H3/t17-,24-/m1/s1. The fraction of sp³-hybridized carbons (Fsp3) is 0.346. The first-order valence-electron chi connectivity index (χ1n) is 12.1. The molecule has 2 atom stereocenters. The first kappa shape index (κ1) is 28.4. The molecule has 4 rings (SSSR count). The second-order valence-electron chi connectivity index (χ2n) is 8.69. The molecule has 0 fully saturated rings. The predicted molar refractivity (Wildman–Crippen MR) is 146 cm³/mol. The summed E-state index contributed by atoms with van der Waals surface area (Å²) in [6.07, 6.45) is 5.24. The molecule has 0 aliphatic rings. The molecule has 1 aromatic carbocycles. The maximum Gasteiger partial charge on any atom is 0.170 e. The monoisotopic (exact) mass is 572 g/mol. The van der Waals surface area contributed by atoms with E-state index in [0.29, 0.717) is 33.6 Å². The largest absolute Gasteiger partial charge is 0.494 e. The molecular formula is C26H29ClN6O5S. The molecule has 0 saturated carbocycles. The van der Waals surface area contributed by atoms with E-state index in [0.717, 1.165) is 5.56 Å². The number of rotatable bonds is 11. The van der Waals surface area contributed by atoms with Crippen molar-refractivity contribution in [2.45, 2.75) is 37.9 Å². The predicted octanol–water partition coefficient (Wildman–Crippen LogP) is 4.18. The van der Waals surface area contributed by atoms with Gasteiger partial charge in [-0.3, -0.25) is 9.55 Å². The number of benzene rings is 1. The highest BCUT2D eigenvalue weighted by Gasteiger charge is 2.35. The van der Waals surface area contributed by atoms with Gasteiger partial charge in [-0.15, -0.1) is 10.2 Å².